The van der Waals surface area contributed by atoms with Crippen molar-refractivity contribution < 1.29 is 23.9 Å². The first-order valence-corrected chi connectivity index (χ1v) is 12.9. The van der Waals surface area contributed by atoms with Crippen LogP contribution in [0.4, 0.5) is 4.79 Å². The molecule has 2 aliphatic heterocycles. The summed E-state index contributed by atoms with van der Waals surface area (Å²) in [7, 11) is 1.64. The lowest BCUT2D eigenvalue weighted by atomic mass is 9.73. The molecule has 9 nitrogen and oxygen atoms in total. The summed E-state index contributed by atoms with van der Waals surface area (Å²) in [5.41, 5.74) is 0.0446. The van der Waals surface area contributed by atoms with E-state index in [4.69, 9.17) is 21.1 Å². The number of alkyl carbamates (subject to hydrolysis) is 1. The number of likely N-dealkylation sites (tertiary alicyclic amines) is 1. The van der Waals surface area contributed by atoms with Gasteiger partial charge in [0.1, 0.15) is 29.4 Å². The fourth-order valence-corrected chi connectivity index (χ4v) is 4.90. The van der Waals surface area contributed by atoms with Crippen molar-refractivity contribution in [1.82, 2.24) is 15.2 Å². The van der Waals surface area contributed by atoms with Crippen molar-refractivity contribution in [1.29, 1.82) is 0 Å². The SMILES string of the molecule is CN1N=C2CCN(C(=O)C(COc3ccc(Cl)cc3)NC(=O)OC(C)(C)C)C[C@@]2(Cc2ccccc2)C1=O. The molecule has 2 aromatic carbocycles. The van der Waals surface area contributed by atoms with Crippen LogP contribution in [-0.4, -0.2) is 71.9 Å². The number of carbonyl (C=O) groups is 3. The minimum absolute atomic E-state index is 0.128. The van der Waals surface area contributed by atoms with E-state index in [9.17, 15) is 14.4 Å². The number of amides is 3. The van der Waals surface area contributed by atoms with Gasteiger partial charge in [-0.3, -0.25) is 9.59 Å². The van der Waals surface area contributed by atoms with Crippen LogP contribution in [0.3, 0.4) is 0 Å². The van der Waals surface area contributed by atoms with Crippen molar-refractivity contribution in [2.24, 2.45) is 10.5 Å². The van der Waals surface area contributed by atoms with Crippen LogP contribution in [0.25, 0.3) is 0 Å². The maximum atomic E-state index is 13.8. The van der Waals surface area contributed by atoms with Gasteiger partial charge in [-0.2, -0.15) is 5.10 Å². The molecule has 0 spiro atoms. The molecule has 2 atom stereocenters. The minimum Gasteiger partial charge on any atom is -0.491 e. The normalized spacial score (nSPS) is 19.9. The van der Waals surface area contributed by atoms with Gasteiger partial charge in [0.2, 0.25) is 5.91 Å². The van der Waals surface area contributed by atoms with Crippen LogP contribution in [-0.2, 0) is 20.7 Å². The van der Waals surface area contributed by atoms with E-state index in [0.717, 1.165) is 11.3 Å². The monoisotopic (exact) mass is 540 g/mol. The second-order valence-corrected chi connectivity index (χ2v) is 11.0. The Morgan fingerprint density at radius 1 is 1.13 bits per heavy atom. The highest BCUT2D eigenvalue weighted by atomic mass is 35.5. The predicted molar refractivity (Wildman–Crippen MR) is 144 cm³/mol. The van der Waals surface area contributed by atoms with Crippen molar-refractivity contribution in [3.8, 4) is 5.75 Å². The van der Waals surface area contributed by atoms with Crippen LogP contribution in [0, 0.1) is 5.41 Å². The van der Waals surface area contributed by atoms with Gasteiger partial charge < -0.3 is 19.7 Å². The molecule has 1 N–H and O–H groups in total. The quantitative estimate of drug-likeness (QED) is 0.574. The number of carbonyl (C=O) groups excluding carboxylic acids is 3. The summed E-state index contributed by atoms with van der Waals surface area (Å²) in [6.07, 6.45) is 0.141. The predicted octanol–water partition coefficient (Wildman–Crippen LogP) is 3.90. The molecule has 10 heteroatoms. The van der Waals surface area contributed by atoms with Crippen LogP contribution < -0.4 is 10.1 Å². The molecule has 202 valence electrons. The molecule has 2 heterocycles. The van der Waals surface area contributed by atoms with E-state index in [1.54, 1.807) is 57.0 Å². The third-order valence-electron chi connectivity index (χ3n) is 6.49. The maximum Gasteiger partial charge on any atom is 0.408 e. The number of hydrogen-bond donors (Lipinski definition) is 1. The topological polar surface area (TPSA) is 101 Å². The Balaban J connectivity index is 1.56. The fraction of sp³-hybridized carbons (Fsp3) is 0.429. The number of hydrogen-bond acceptors (Lipinski definition) is 6. The first kappa shape index (κ1) is 27.4. The van der Waals surface area contributed by atoms with Crippen LogP contribution in [0.5, 0.6) is 5.75 Å². The van der Waals surface area contributed by atoms with Crippen LogP contribution in [0.15, 0.2) is 59.7 Å². The molecular weight excluding hydrogens is 508 g/mol. The standard InChI is InChI=1S/C28H33ClN4O5/c1-27(2,3)38-26(36)30-22(17-37-21-12-10-20(29)11-13-21)24(34)33-15-14-23-28(18-33,25(35)32(4)31-23)16-19-8-6-5-7-9-19/h5-13,22H,14-18H2,1-4H3,(H,30,36)/t22?,28-/m1/s1. The zero-order valence-corrected chi connectivity index (χ0v) is 22.8. The van der Waals surface area contributed by atoms with Gasteiger partial charge >= 0.3 is 6.09 Å². The number of halogens is 1. The van der Waals surface area contributed by atoms with Gasteiger partial charge in [0, 0.05) is 31.6 Å². The molecule has 1 saturated heterocycles. The third kappa shape index (κ3) is 6.27. The lowest BCUT2D eigenvalue weighted by Crippen LogP contribution is -2.60. The molecule has 2 aromatic rings. The number of nitrogens with zero attached hydrogens (tertiary/aromatic N) is 3. The van der Waals surface area contributed by atoms with Gasteiger partial charge in [-0.15, -0.1) is 0 Å². The summed E-state index contributed by atoms with van der Waals surface area (Å²) in [6, 6.07) is 15.4. The number of hydrazone groups is 1. The van der Waals surface area contributed by atoms with E-state index < -0.39 is 23.2 Å². The van der Waals surface area contributed by atoms with Crippen molar-refractivity contribution >= 4 is 35.2 Å². The Kier molecular flexibility index (Phi) is 7.97. The average Bonchev–Trinajstić information content (AvgIpc) is 3.10. The molecule has 0 aliphatic carbocycles. The van der Waals surface area contributed by atoms with Gasteiger partial charge in [-0.25, -0.2) is 9.80 Å². The summed E-state index contributed by atoms with van der Waals surface area (Å²) >= 11 is 5.96. The molecule has 4 rings (SSSR count). The molecule has 0 saturated carbocycles. The number of rotatable bonds is 7. The fourth-order valence-electron chi connectivity index (χ4n) is 4.77. The van der Waals surface area contributed by atoms with E-state index in [1.807, 2.05) is 30.3 Å². The average molecular weight is 541 g/mol. The molecule has 38 heavy (non-hydrogen) atoms. The minimum atomic E-state index is -1.04. The van der Waals surface area contributed by atoms with Crippen molar-refractivity contribution in [3.05, 3.63) is 65.2 Å². The van der Waals surface area contributed by atoms with E-state index in [0.29, 0.717) is 30.2 Å². The highest BCUT2D eigenvalue weighted by Crippen LogP contribution is 2.38. The molecule has 3 amide bonds. The van der Waals surface area contributed by atoms with Crippen molar-refractivity contribution in [2.45, 2.75) is 45.3 Å². The Labute approximate surface area is 227 Å². The number of fused-ring (bicyclic) bond motifs is 1. The third-order valence-corrected chi connectivity index (χ3v) is 6.74. The zero-order chi connectivity index (χ0) is 27.5. The van der Waals surface area contributed by atoms with Gasteiger partial charge in [0.15, 0.2) is 0 Å². The molecule has 0 radical (unpaired) electrons. The second-order valence-electron chi connectivity index (χ2n) is 10.6. The Hall–Kier alpha value is -3.59. The molecule has 0 bridgehead atoms. The first-order valence-electron chi connectivity index (χ1n) is 12.5. The van der Waals surface area contributed by atoms with Crippen LogP contribution in [0.1, 0.15) is 32.8 Å². The van der Waals surface area contributed by atoms with Gasteiger partial charge in [-0.1, -0.05) is 41.9 Å². The second kappa shape index (κ2) is 11.0. The molecular formula is C28H33ClN4O5. The summed E-state index contributed by atoms with van der Waals surface area (Å²) in [5, 5.41) is 9.09. The Morgan fingerprint density at radius 3 is 2.47 bits per heavy atom. The van der Waals surface area contributed by atoms with E-state index in [1.165, 1.54) is 5.01 Å². The molecule has 2 aliphatic rings. The highest BCUT2D eigenvalue weighted by molar-refractivity contribution is 6.30. The summed E-state index contributed by atoms with van der Waals surface area (Å²) < 4.78 is 11.2. The first-order chi connectivity index (χ1) is 18.0. The summed E-state index contributed by atoms with van der Waals surface area (Å²) in [5.74, 6) is -0.0130. The molecule has 1 unspecified atom stereocenters. The van der Waals surface area contributed by atoms with Crippen LogP contribution in [0.2, 0.25) is 5.02 Å². The van der Waals surface area contributed by atoms with E-state index in [-0.39, 0.29) is 25.0 Å². The number of benzene rings is 2. The van der Waals surface area contributed by atoms with Gasteiger partial charge in [-0.05, 0) is 57.0 Å². The number of nitrogens with one attached hydrogen (secondary N) is 1. The number of ether oxygens (including phenoxy) is 2. The largest absolute Gasteiger partial charge is 0.491 e. The summed E-state index contributed by atoms with van der Waals surface area (Å²) in [6.45, 7) is 5.62. The molecule has 1 fully saturated rings. The smallest absolute Gasteiger partial charge is 0.408 e. The van der Waals surface area contributed by atoms with Gasteiger partial charge in [0.25, 0.3) is 5.91 Å². The zero-order valence-electron chi connectivity index (χ0n) is 22.1. The van der Waals surface area contributed by atoms with Crippen molar-refractivity contribution in [2.75, 3.05) is 26.7 Å². The lowest BCUT2D eigenvalue weighted by Gasteiger charge is -2.40. The maximum absolute atomic E-state index is 13.8. The summed E-state index contributed by atoms with van der Waals surface area (Å²) in [4.78, 5) is 41.5. The van der Waals surface area contributed by atoms with Crippen molar-refractivity contribution in [3.63, 3.8) is 0 Å². The number of piperidine rings is 1. The van der Waals surface area contributed by atoms with E-state index >= 15 is 0 Å². The Morgan fingerprint density at radius 2 is 1.82 bits per heavy atom. The van der Waals surface area contributed by atoms with E-state index in [2.05, 4.69) is 10.4 Å². The van der Waals surface area contributed by atoms with Crippen LogP contribution >= 0.6 is 11.6 Å². The highest BCUT2D eigenvalue weighted by Gasteiger charge is 2.54. The Bertz CT molecular complexity index is 1210. The van der Waals surface area contributed by atoms with Gasteiger partial charge in [0.05, 0.1) is 5.71 Å². The molecule has 0 aromatic heterocycles. The lowest BCUT2D eigenvalue weighted by molar-refractivity contribution is -0.141.